The van der Waals surface area contributed by atoms with Crippen LogP contribution in [0.4, 0.5) is 10.1 Å². The van der Waals surface area contributed by atoms with E-state index in [9.17, 15) is 9.18 Å². The van der Waals surface area contributed by atoms with Crippen LogP contribution in [0, 0.1) is 0 Å². The number of benzene rings is 1. The van der Waals surface area contributed by atoms with Crippen LogP contribution >= 0.6 is 0 Å². The third kappa shape index (κ3) is 2.01. The number of nitrogens with zero attached hydrogens (tertiary/aromatic N) is 1. The zero-order valence-electron chi connectivity index (χ0n) is 8.58. The van der Waals surface area contributed by atoms with Gasteiger partial charge in [-0.25, -0.2) is 4.39 Å². The van der Waals surface area contributed by atoms with Crippen LogP contribution in [0.1, 0.15) is 23.2 Å². The van der Waals surface area contributed by atoms with Crippen molar-refractivity contribution in [3.63, 3.8) is 0 Å². The predicted octanol–water partition coefficient (Wildman–Crippen LogP) is 2.44. The van der Waals surface area contributed by atoms with E-state index in [1.54, 1.807) is 0 Å². The Labute approximate surface area is 88.7 Å². The van der Waals surface area contributed by atoms with Gasteiger partial charge in [-0.15, -0.1) is 0 Å². The van der Waals surface area contributed by atoms with Gasteiger partial charge in [0.15, 0.2) is 5.78 Å². The Morgan fingerprint density at radius 1 is 1.33 bits per heavy atom. The highest BCUT2D eigenvalue weighted by Gasteiger charge is 2.19. The first kappa shape index (κ1) is 10.1. The van der Waals surface area contributed by atoms with Crippen molar-refractivity contribution >= 4 is 11.5 Å². The molecule has 0 aliphatic carbocycles. The number of fused-ring (bicyclic) bond motifs is 1. The first-order valence-corrected chi connectivity index (χ1v) is 5.26. The fourth-order valence-corrected chi connectivity index (χ4v) is 2.01. The van der Waals surface area contributed by atoms with Crippen LogP contribution < -0.4 is 4.90 Å². The van der Waals surface area contributed by atoms with Gasteiger partial charge in [-0.05, 0) is 18.6 Å². The van der Waals surface area contributed by atoms with Crippen LogP contribution in [0.25, 0.3) is 0 Å². The summed E-state index contributed by atoms with van der Waals surface area (Å²) >= 11 is 0. The molecule has 80 valence electrons. The topological polar surface area (TPSA) is 20.3 Å². The van der Waals surface area contributed by atoms with E-state index in [2.05, 4.69) is 0 Å². The lowest BCUT2D eigenvalue weighted by molar-refractivity contribution is 0.0984. The second kappa shape index (κ2) is 4.43. The summed E-state index contributed by atoms with van der Waals surface area (Å²) in [4.78, 5) is 13.7. The lowest BCUT2D eigenvalue weighted by atomic mass is 10.1. The minimum absolute atomic E-state index is 0.173. The third-order valence-electron chi connectivity index (χ3n) is 2.73. The number of anilines is 1. The van der Waals surface area contributed by atoms with Gasteiger partial charge in [0.2, 0.25) is 0 Å². The van der Waals surface area contributed by atoms with Gasteiger partial charge in [0.1, 0.15) is 6.67 Å². The van der Waals surface area contributed by atoms with Crippen molar-refractivity contribution in [1.29, 1.82) is 0 Å². The largest absolute Gasteiger partial charge is 0.368 e. The predicted molar refractivity (Wildman–Crippen MR) is 58.2 cm³/mol. The Morgan fingerprint density at radius 2 is 2.13 bits per heavy atom. The Balaban J connectivity index is 2.38. The molecule has 0 atom stereocenters. The molecule has 15 heavy (non-hydrogen) atoms. The molecule has 1 aromatic rings. The molecule has 1 aliphatic heterocycles. The molecule has 0 bridgehead atoms. The monoisotopic (exact) mass is 207 g/mol. The fraction of sp³-hybridized carbons (Fsp3) is 0.417. The zero-order valence-corrected chi connectivity index (χ0v) is 8.58. The minimum Gasteiger partial charge on any atom is -0.368 e. The van der Waals surface area contributed by atoms with Gasteiger partial charge in [0, 0.05) is 30.8 Å². The highest BCUT2D eigenvalue weighted by molar-refractivity contribution is 6.01. The Bertz CT molecular complexity index is 364. The highest BCUT2D eigenvalue weighted by atomic mass is 19.1. The maximum atomic E-state index is 12.4. The molecule has 0 aromatic heterocycles. The molecular formula is C12H14FNO. The van der Waals surface area contributed by atoms with Gasteiger partial charge >= 0.3 is 0 Å². The van der Waals surface area contributed by atoms with Crippen molar-refractivity contribution < 1.29 is 9.18 Å². The van der Waals surface area contributed by atoms with Crippen LogP contribution in [0.2, 0.25) is 0 Å². The molecule has 2 nitrogen and oxygen atoms in total. The number of carbonyl (C=O) groups excluding carboxylic acids is 1. The summed E-state index contributed by atoms with van der Waals surface area (Å²) in [5.74, 6) is 0.173. The number of alkyl halides is 1. The molecule has 3 heteroatoms. The number of rotatable bonds is 2. The van der Waals surface area contributed by atoms with Crippen LogP contribution in [-0.4, -0.2) is 25.5 Å². The molecule has 0 fully saturated rings. The average Bonchev–Trinajstić information content (AvgIpc) is 2.41. The summed E-state index contributed by atoms with van der Waals surface area (Å²) in [5.41, 5.74) is 1.63. The minimum atomic E-state index is -0.372. The van der Waals surface area contributed by atoms with Crippen LogP contribution in [-0.2, 0) is 0 Å². The van der Waals surface area contributed by atoms with E-state index < -0.39 is 0 Å². The number of carbonyl (C=O) groups is 1. The van der Waals surface area contributed by atoms with Crippen molar-refractivity contribution in [3.8, 4) is 0 Å². The molecule has 1 heterocycles. The first-order valence-electron chi connectivity index (χ1n) is 5.26. The van der Waals surface area contributed by atoms with Crippen molar-refractivity contribution in [2.75, 3.05) is 24.7 Å². The van der Waals surface area contributed by atoms with Crippen LogP contribution in [0.5, 0.6) is 0 Å². The zero-order chi connectivity index (χ0) is 10.7. The highest BCUT2D eigenvalue weighted by Crippen LogP contribution is 2.25. The van der Waals surface area contributed by atoms with Crippen molar-refractivity contribution in [2.24, 2.45) is 0 Å². The molecule has 1 aliphatic rings. The summed E-state index contributed by atoms with van der Waals surface area (Å²) in [7, 11) is 0. The molecule has 0 spiro atoms. The normalized spacial score (nSPS) is 16.1. The lowest BCUT2D eigenvalue weighted by Crippen LogP contribution is -2.26. The second-order valence-corrected chi connectivity index (χ2v) is 3.72. The Hall–Kier alpha value is -1.38. The summed E-state index contributed by atoms with van der Waals surface area (Å²) in [6, 6.07) is 7.47. The van der Waals surface area contributed by atoms with E-state index in [1.807, 2.05) is 29.2 Å². The molecule has 0 N–H and O–H groups in total. The molecule has 0 saturated carbocycles. The smallest absolute Gasteiger partial charge is 0.165 e. The molecular weight excluding hydrogens is 193 g/mol. The molecule has 2 rings (SSSR count). The quantitative estimate of drug-likeness (QED) is 0.742. The number of halogens is 1. The van der Waals surface area contributed by atoms with Gasteiger partial charge in [-0.2, -0.15) is 0 Å². The Kier molecular flexibility index (Phi) is 2.99. The molecule has 0 saturated heterocycles. The molecule has 0 amide bonds. The maximum absolute atomic E-state index is 12.4. The Morgan fingerprint density at radius 3 is 2.93 bits per heavy atom. The van der Waals surface area contributed by atoms with Crippen LogP contribution in [0.15, 0.2) is 24.3 Å². The number of hydrogen-bond donors (Lipinski definition) is 0. The average molecular weight is 207 g/mol. The third-order valence-corrected chi connectivity index (χ3v) is 2.73. The first-order chi connectivity index (χ1) is 7.33. The lowest BCUT2D eigenvalue weighted by Gasteiger charge is -2.22. The van der Waals surface area contributed by atoms with Gasteiger partial charge in [0.25, 0.3) is 0 Å². The molecule has 0 radical (unpaired) electrons. The van der Waals surface area contributed by atoms with Gasteiger partial charge in [0.05, 0.1) is 0 Å². The summed E-state index contributed by atoms with van der Waals surface area (Å²) in [6.45, 7) is 0.777. The van der Waals surface area contributed by atoms with Gasteiger partial charge < -0.3 is 4.90 Å². The second-order valence-electron chi connectivity index (χ2n) is 3.72. The van der Waals surface area contributed by atoms with E-state index in [-0.39, 0.29) is 12.5 Å². The van der Waals surface area contributed by atoms with Crippen molar-refractivity contribution in [2.45, 2.75) is 12.8 Å². The van der Waals surface area contributed by atoms with E-state index >= 15 is 0 Å². The van der Waals surface area contributed by atoms with E-state index in [0.717, 1.165) is 24.2 Å². The van der Waals surface area contributed by atoms with Crippen molar-refractivity contribution in [3.05, 3.63) is 29.8 Å². The number of ketones is 1. The SMILES string of the molecule is O=C1CCCN(CCF)c2ccccc21. The molecule has 1 aromatic carbocycles. The standard InChI is InChI=1S/C12H14FNO/c13-7-9-14-8-3-6-12(15)10-4-1-2-5-11(10)14/h1-2,4-5H,3,6-9H2. The number of Topliss-reactive ketones (excluding diaryl/α,β-unsaturated/α-hetero) is 1. The maximum Gasteiger partial charge on any atom is 0.165 e. The van der Waals surface area contributed by atoms with E-state index in [1.165, 1.54) is 0 Å². The van der Waals surface area contributed by atoms with Gasteiger partial charge in [-0.3, -0.25) is 4.79 Å². The summed E-state index contributed by atoms with van der Waals surface area (Å²) < 4.78 is 12.4. The van der Waals surface area contributed by atoms with Gasteiger partial charge in [-0.1, -0.05) is 12.1 Å². The molecule has 0 unspecified atom stereocenters. The summed E-state index contributed by atoms with van der Waals surface area (Å²) in [5, 5.41) is 0. The van der Waals surface area contributed by atoms with E-state index in [4.69, 9.17) is 0 Å². The fourth-order valence-electron chi connectivity index (χ4n) is 2.01. The summed E-state index contributed by atoms with van der Waals surface area (Å²) in [6.07, 6.45) is 1.38. The van der Waals surface area contributed by atoms with Crippen LogP contribution in [0.3, 0.4) is 0 Å². The number of hydrogen-bond acceptors (Lipinski definition) is 2. The van der Waals surface area contributed by atoms with Crippen molar-refractivity contribution in [1.82, 2.24) is 0 Å². The number of para-hydroxylation sites is 1. The van der Waals surface area contributed by atoms with E-state index in [0.29, 0.717) is 13.0 Å².